The third-order valence-electron chi connectivity index (χ3n) is 6.27. The largest absolute Gasteiger partial charge is 0.473 e. The highest BCUT2D eigenvalue weighted by Gasteiger charge is 2.40. The summed E-state index contributed by atoms with van der Waals surface area (Å²) in [5.41, 5.74) is -0.764. The first-order valence-corrected chi connectivity index (χ1v) is 12.4. The fourth-order valence-electron chi connectivity index (χ4n) is 4.66. The summed E-state index contributed by atoms with van der Waals surface area (Å²) in [4.78, 5) is 45.4. The van der Waals surface area contributed by atoms with Gasteiger partial charge < -0.3 is 40.1 Å². The lowest BCUT2D eigenvalue weighted by Crippen LogP contribution is -2.37. The zero-order valence-corrected chi connectivity index (χ0v) is 22.2. The van der Waals surface area contributed by atoms with Gasteiger partial charge in [0.1, 0.15) is 11.2 Å². The minimum absolute atomic E-state index is 0.156. The van der Waals surface area contributed by atoms with E-state index in [1.807, 2.05) is 51.3 Å². The highest BCUT2D eigenvalue weighted by Crippen LogP contribution is 2.28. The molecule has 4 aliphatic rings. The summed E-state index contributed by atoms with van der Waals surface area (Å²) in [5, 5.41) is 21.5. The Morgan fingerprint density at radius 1 is 0.611 bits per heavy atom. The molecule has 4 atom stereocenters. The number of nitrogens with zero attached hydrogens (tertiary/aromatic N) is 2. The van der Waals surface area contributed by atoms with E-state index in [4.69, 9.17) is 29.3 Å². The summed E-state index contributed by atoms with van der Waals surface area (Å²) in [6, 6.07) is 0. The third-order valence-corrected chi connectivity index (χ3v) is 6.27. The standard InChI is InChI=1S/2C11H20N2O2.C2H2O4/c2*1-11(2,3)15-10(14)13-6-8-4-12-5-9(8)7-13;3-1(4)2(5)6/h2*8-9,12H,4-7H2,1-3H3;(H,3,4)(H,5,6). The van der Waals surface area contributed by atoms with Crippen LogP contribution in [0.15, 0.2) is 0 Å². The molecule has 0 aliphatic carbocycles. The van der Waals surface area contributed by atoms with Crippen molar-refractivity contribution < 1.29 is 38.9 Å². The lowest BCUT2D eigenvalue weighted by atomic mass is 10.0. The molecular weight excluding hydrogens is 472 g/mol. The second-order valence-corrected chi connectivity index (χ2v) is 11.7. The molecule has 0 bridgehead atoms. The van der Waals surface area contributed by atoms with Crippen molar-refractivity contribution in [3.05, 3.63) is 0 Å². The van der Waals surface area contributed by atoms with Gasteiger partial charge in [0.25, 0.3) is 0 Å². The predicted octanol–water partition coefficient (Wildman–Crippen LogP) is 1.30. The van der Waals surface area contributed by atoms with Crippen LogP contribution in [0.1, 0.15) is 41.5 Å². The van der Waals surface area contributed by atoms with Crippen LogP contribution in [0.2, 0.25) is 0 Å². The zero-order valence-electron chi connectivity index (χ0n) is 22.2. The number of carboxylic acid groups (broad SMARTS) is 2. The highest BCUT2D eigenvalue weighted by molar-refractivity contribution is 6.27. The summed E-state index contributed by atoms with van der Waals surface area (Å²) in [7, 11) is 0. The number of ether oxygens (including phenoxy) is 2. The molecule has 12 nitrogen and oxygen atoms in total. The van der Waals surface area contributed by atoms with Crippen molar-refractivity contribution in [2.24, 2.45) is 23.7 Å². The number of fused-ring (bicyclic) bond motifs is 2. The molecule has 4 heterocycles. The van der Waals surface area contributed by atoms with E-state index in [1.165, 1.54) is 0 Å². The minimum Gasteiger partial charge on any atom is -0.473 e. The predicted molar refractivity (Wildman–Crippen MR) is 131 cm³/mol. The van der Waals surface area contributed by atoms with Gasteiger partial charge >= 0.3 is 24.1 Å². The number of carboxylic acids is 2. The number of hydrogen-bond acceptors (Lipinski definition) is 8. The van der Waals surface area contributed by atoms with E-state index in [-0.39, 0.29) is 23.4 Å². The van der Waals surface area contributed by atoms with E-state index in [0.29, 0.717) is 23.7 Å². The van der Waals surface area contributed by atoms with Gasteiger partial charge in [-0.3, -0.25) is 0 Å². The van der Waals surface area contributed by atoms with Crippen molar-refractivity contribution in [3.8, 4) is 0 Å². The van der Waals surface area contributed by atoms with Crippen molar-refractivity contribution >= 4 is 24.1 Å². The molecular formula is C24H42N4O8. The minimum atomic E-state index is -1.82. The molecule has 4 rings (SSSR count). The van der Waals surface area contributed by atoms with Crippen molar-refractivity contribution in [2.45, 2.75) is 52.7 Å². The Morgan fingerprint density at radius 3 is 1.06 bits per heavy atom. The number of nitrogens with one attached hydrogen (secondary N) is 2. The van der Waals surface area contributed by atoms with Gasteiger partial charge in [-0.2, -0.15) is 0 Å². The first-order chi connectivity index (χ1) is 16.6. The normalized spacial score (nSPS) is 26.6. The number of hydrogen-bond donors (Lipinski definition) is 4. The van der Waals surface area contributed by atoms with Gasteiger partial charge in [-0.15, -0.1) is 0 Å². The quantitative estimate of drug-likeness (QED) is 0.347. The van der Waals surface area contributed by atoms with E-state index in [1.54, 1.807) is 0 Å². The lowest BCUT2D eigenvalue weighted by molar-refractivity contribution is -0.159. The van der Waals surface area contributed by atoms with Crippen LogP contribution >= 0.6 is 0 Å². The first-order valence-electron chi connectivity index (χ1n) is 12.4. The van der Waals surface area contributed by atoms with E-state index in [9.17, 15) is 9.59 Å². The summed E-state index contributed by atoms with van der Waals surface area (Å²) >= 11 is 0. The second kappa shape index (κ2) is 12.1. The highest BCUT2D eigenvalue weighted by atomic mass is 16.6. The second-order valence-electron chi connectivity index (χ2n) is 11.7. The van der Waals surface area contributed by atoms with Crippen molar-refractivity contribution in [2.75, 3.05) is 52.4 Å². The van der Waals surface area contributed by atoms with Crippen LogP contribution in [0.4, 0.5) is 9.59 Å². The molecule has 0 spiro atoms. The van der Waals surface area contributed by atoms with Gasteiger partial charge in [-0.25, -0.2) is 19.2 Å². The molecule has 12 heteroatoms. The molecule has 4 fully saturated rings. The van der Waals surface area contributed by atoms with Crippen molar-refractivity contribution in [1.82, 2.24) is 20.4 Å². The van der Waals surface area contributed by atoms with Gasteiger partial charge in [0, 0.05) is 52.4 Å². The maximum absolute atomic E-state index is 11.8. The summed E-state index contributed by atoms with van der Waals surface area (Å²) in [6.07, 6.45) is -0.311. The van der Waals surface area contributed by atoms with E-state index < -0.39 is 11.9 Å². The van der Waals surface area contributed by atoms with Crippen LogP contribution in [-0.2, 0) is 19.1 Å². The molecule has 0 saturated carbocycles. The molecule has 4 saturated heterocycles. The van der Waals surface area contributed by atoms with Crippen LogP contribution < -0.4 is 10.6 Å². The molecule has 4 N–H and O–H groups in total. The van der Waals surface area contributed by atoms with Crippen LogP contribution in [0.25, 0.3) is 0 Å². The number of aliphatic carboxylic acids is 2. The van der Waals surface area contributed by atoms with E-state index >= 15 is 0 Å². The summed E-state index contributed by atoms with van der Waals surface area (Å²) in [6.45, 7) is 19.0. The number of likely N-dealkylation sites (tertiary alicyclic amines) is 2. The number of carbonyl (C=O) groups excluding carboxylic acids is 2. The Kier molecular flexibility index (Phi) is 9.95. The Labute approximate surface area is 212 Å². The Morgan fingerprint density at radius 2 is 0.861 bits per heavy atom. The number of rotatable bonds is 0. The average molecular weight is 515 g/mol. The number of amides is 2. The molecule has 0 radical (unpaired) electrons. The zero-order chi connectivity index (χ0) is 27.3. The Hall–Kier alpha value is -2.60. The summed E-state index contributed by atoms with van der Waals surface area (Å²) < 4.78 is 10.7. The van der Waals surface area contributed by atoms with Crippen LogP contribution in [0.5, 0.6) is 0 Å². The third kappa shape index (κ3) is 9.45. The van der Waals surface area contributed by atoms with Crippen molar-refractivity contribution in [3.63, 3.8) is 0 Å². The van der Waals surface area contributed by atoms with Crippen LogP contribution in [0, 0.1) is 23.7 Å². The average Bonchev–Trinajstić information content (AvgIpc) is 3.46. The Bertz CT molecular complexity index is 717. The lowest BCUT2D eigenvalue weighted by Gasteiger charge is -2.24. The van der Waals surface area contributed by atoms with Crippen LogP contribution in [-0.4, -0.2) is 108 Å². The van der Waals surface area contributed by atoms with Gasteiger partial charge in [0.05, 0.1) is 0 Å². The van der Waals surface area contributed by atoms with Gasteiger partial charge in [0.15, 0.2) is 0 Å². The van der Waals surface area contributed by atoms with Gasteiger partial charge in [-0.05, 0) is 65.2 Å². The number of carbonyl (C=O) groups is 4. The molecule has 0 aromatic rings. The fourth-order valence-corrected chi connectivity index (χ4v) is 4.66. The molecule has 4 aliphatic heterocycles. The van der Waals surface area contributed by atoms with Crippen LogP contribution in [0.3, 0.4) is 0 Å². The van der Waals surface area contributed by atoms with E-state index in [0.717, 1.165) is 52.4 Å². The first kappa shape index (κ1) is 29.6. The SMILES string of the molecule is CC(C)(C)OC(=O)N1CC2CNCC2C1.CC(C)(C)OC(=O)N1CC2CNCC2C1.O=C(O)C(=O)O. The molecule has 0 aromatic heterocycles. The van der Waals surface area contributed by atoms with Gasteiger partial charge in [-0.1, -0.05) is 0 Å². The topological polar surface area (TPSA) is 158 Å². The molecule has 2 amide bonds. The summed E-state index contributed by atoms with van der Waals surface area (Å²) in [5.74, 6) is -1.10. The molecule has 206 valence electrons. The molecule has 36 heavy (non-hydrogen) atoms. The molecule has 4 unspecified atom stereocenters. The van der Waals surface area contributed by atoms with Gasteiger partial charge in [0.2, 0.25) is 0 Å². The maximum atomic E-state index is 11.8. The Balaban J connectivity index is 0.000000208. The maximum Gasteiger partial charge on any atom is 0.414 e. The molecule has 0 aromatic carbocycles. The smallest absolute Gasteiger partial charge is 0.414 e. The van der Waals surface area contributed by atoms with Crippen molar-refractivity contribution in [1.29, 1.82) is 0 Å². The van der Waals surface area contributed by atoms with E-state index in [2.05, 4.69) is 10.6 Å². The fraction of sp³-hybridized carbons (Fsp3) is 0.833. The monoisotopic (exact) mass is 514 g/mol.